The number of benzene rings is 1. The molecule has 0 aromatic heterocycles. The molecule has 0 spiro atoms. The third kappa shape index (κ3) is 8.75. The Morgan fingerprint density at radius 2 is 1.63 bits per heavy atom. The zero-order chi connectivity index (χ0) is 32.8. The van der Waals surface area contributed by atoms with E-state index in [1.807, 2.05) is 45.0 Å². The predicted octanol–water partition coefficient (Wildman–Crippen LogP) is 4.56. The standard InChI is InChI=1S/C34H49BN4O7/c1-34(2,3)21-44-32(42)37-29(23-12-5-4-6-13-23)31(41)39-20-26(45-33(43)38-18-24-14-7-8-15-25(24)19-38)17-27(39)30(40)36-28(46-35)16-22-10-9-11-22/h7-8,14-15,22-23,26-29H,4-6,9-13,16-21H2,1-3H3,(H,36,40)(H,37,42). The molecule has 250 valence electrons. The Morgan fingerprint density at radius 3 is 2.22 bits per heavy atom. The molecule has 46 heavy (non-hydrogen) atoms. The van der Waals surface area contributed by atoms with Crippen molar-refractivity contribution in [2.24, 2.45) is 17.3 Å². The van der Waals surface area contributed by atoms with Crippen LogP contribution in [0.25, 0.3) is 0 Å². The minimum absolute atomic E-state index is 0.0299. The maximum Gasteiger partial charge on any atom is 0.410 e. The number of nitrogens with zero attached hydrogens (tertiary/aromatic N) is 2. The maximum atomic E-state index is 14.4. The number of likely N-dealkylation sites (tertiary alicyclic amines) is 1. The molecule has 3 fully saturated rings. The molecule has 0 bridgehead atoms. The van der Waals surface area contributed by atoms with Crippen molar-refractivity contribution in [2.45, 2.75) is 122 Å². The summed E-state index contributed by atoms with van der Waals surface area (Å²) in [6.07, 6.45) is 5.94. The Labute approximate surface area is 273 Å². The third-order valence-electron chi connectivity index (χ3n) is 9.75. The average Bonchev–Trinajstić information content (AvgIpc) is 3.64. The van der Waals surface area contributed by atoms with Crippen molar-refractivity contribution in [3.63, 3.8) is 0 Å². The Morgan fingerprint density at radius 1 is 0.957 bits per heavy atom. The number of fused-ring (bicyclic) bond motifs is 1. The topological polar surface area (TPSA) is 127 Å². The second-order valence-corrected chi connectivity index (χ2v) is 14.7. The van der Waals surface area contributed by atoms with Crippen molar-refractivity contribution in [3.05, 3.63) is 35.4 Å². The Balaban J connectivity index is 1.32. The van der Waals surface area contributed by atoms with Crippen LogP contribution in [0.2, 0.25) is 0 Å². The van der Waals surface area contributed by atoms with Crippen LogP contribution in [0, 0.1) is 17.3 Å². The number of carbonyl (C=O) groups is 4. The summed E-state index contributed by atoms with van der Waals surface area (Å²) in [5, 5.41) is 5.74. The van der Waals surface area contributed by atoms with Crippen LogP contribution in [-0.4, -0.2) is 79.4 Å². The van der Waals surface area contributed by atoms with Crippen LogP contribution >= 0.6 is 0 Å². The third-order valence-corrected chi connectivity index (χ3v) is 9.75. The molecule has 2 N–H and O–H groups in total. The number of alkyl carbamates (subject to hydrolysis) is 1. The van der Waals surface area contributed by atoms with E-state index in [-0.39, 0.29) is 36.8 Å². The summed E-state index contributed by atoms with van der Waals surface area (Å²) < 4.78 is 16.5. The number of carbonyl (C=O) groups excluding carboxylic acids is 4. The number of amides is 4. The van der Waals surface area contributed by atoms with Crippen LogP contribution in [0.1, 0.15) is 96.1 Å². The first-order chi connectivity index (χ1) is 22.0. The van der Waals surface area contributed by atoms with Gasteiger partial charge in [-0.1, -0.05) is 83.6 Å². The van der Waals surface area contributed by atoms with Crippen molar-refractivity contribution >= 4 is 32.0 Å². The lowest BCUT2D eigenvalue weighted by Crippen LogP contribution is -2.57. The average molecular weight is 637 g/mol. The molecular formula is C34H49BN4O7. The first-order valence-electron chi connectivity index (χ1n) is 16.9. The molecule has 4 aliphatic rings. The van der Waals surface area contributed by atoms with Gasteiger partial charge in [-0.15, -0.1) is 0 Å². The molecule has 4 atom stereocenters. The fraction of sp³-hybridized carbons (Fsp3) is 0.706. The molecular weight excluding hydrogens is 587 g/mol. The fourth-order valence-corrected chi connectivity index (χ4v) is 6.97. The first kappa shape index (κ1) is 34.1. The Hall–Kier alpha value is -3.28. The number of hydrogen-bond donors (Lipinski definition) is 2. The van der Waals surface area contributed by atoms with Crippen molar-refractivity contribution in [3.8, 4) is 0 Å². The maximum absolute atomic E-state index is 14.4. The van der Waals surface area contributed by atoms with Crippen molar-refractivity contribution in [2.75, 3.05) is 13.2 Å². The Bertz CT molecular complexity index is 1220. The molecule has 5 rings (SSSR count). The molecule has 11 nitrogen and oxygen atoms in total. The summed E-state index contributed by atoms with van der Waals surface area (Å²) in [6.45, 7) is 6.99. The second kappa shape index (κ2) is 15.1. The van der Waals surface area contributed by atoms with Crippen LogP contribution in [0.15, 0.2) is 24.3 Å². The van der Waals surface area contributed by atoms with Gasteiger partial charge in [-0.3, -0.25) is 14.5 Å². The lowest BCUT2D eigenvalue weighted by molar-refractivity contribution is -0.142. The van der Waals surface area contributed by atoms with Crippen LogP contribution in [-0.2, 0) is 36.8 Å². The lowest BCUT2D eigenvalue weighted by atomic mass is 9.82. The largest absolute Gasteiger partial charge is 0.449 e. The van der Waals surface area contributed by atoms with E-state index in [0.717, 1.165) is 62.5 Å². The van der Waals surface area contributed by atoms with Crippen molar-refractivity contribution < 1.29 is 33.3 Å². The van der Waals surface area contributed by atoms with Gasteiger partial charge in [0.25, 0.3) is 8.05 Å². The molecule has 12 heteroatoms. The van der Waals surface area contributed by atoms with Crippen LogP contribution in [0.5, 0.6) is 0 Å². The highest BCUT2D eigenvalue weighted by atomic mass is 16.6. The monoisotopic (exact) mass is 636 g/mol. The molecule has 4 amide bonds. The van der Waals surface area contributed by atoms with Crippen LogP contribution in [0.3, 0.4) is 0 Å². The van der Waals surface area contributed by atoms with Crippen LogP contribution < -0.4 is 10.6 Å². The van der Waals surface area contributed by atoms with E-state index in [2.05, 4.69) is 10.6 Å². The first-order valence-corrected chi connectivity index (χ1v) is 16.9. The van der Waals surface area contributed by atoms with Gasteiger partial charge in [0, 0.05) is 19.5 Å². The van der Waals surface area contributed by atoms with Gasteiger partial charge in [0.1, 0.15) is 24.4 Å². The van der Waals surface area contributed by atoms with Gasteiger partial charge in [-0.2, -0.15) is 0 Å². The normalized spacial score (nSPS) is 23.2. The van der Waals surface area contributed by atoms with Gasteiger partial charge in [-0.05, 0) is 47.6 Å². The molecule has 2 saturated carbocycles. The van der Waals surface area contributed by atoms with Crippen molar-refractivity contribution in [1.29, 1.82) is 0 Å². The molecule has 1 saturated heterocycles. The predicted molar refractivity (Wildman–Crippen MR) is 171 cm³/mol. The van der Waals surface area contributed by atoms with Gasteiger partial charge in [0.15, 0.2) is 0 Å². The second-order valence-electron chi connectivity index (χ2n) is 14.7. The summed E-state index contributed by atoms with van der Waals surface area (Å²) in [4.78, 5) is 57.5. The van der Waals surface area contributed by atoms with E-state index in [9.17, 15) is 19.2 Å². The van der Waals surface area contributed by atoms with Gasteiger partial charge >= 0.3 is 12.2 Å². The number of hydrogen-bond acceptors (Lipinski definition) is 7. The molecule has 4 unspecified atom stereocenters. The number of rotatable bonds is 10. The zero-order valence-corrected chi connectivity index (χ0v) is 27.5. The smallest absolute Gasteiger partial charge is 0.410 e. The van der Waals surface area contributed by atoms with Gasteiger partial charge in [0.2, 0.25) is 11.8 Å². The molecule has 2 aliphatic heterocycles. The number of ether oxygens (including phenoxy) is 2. The summed E-state index contributed by atoms with van der Waals surface area (Å²) in [7, 11) is 5.57. The van der Waals surface area contributed by atoms with E-state index in [0.29, 0.717) is 25.4 Å². The quantitative estimate of drug-likeness (QED) is 0.285. The zero-order valence-electron chi connectivity index (χ0n) is 27.5. The minimum atomic E-state index is -0.932. The summed E-state index contributed by atoms with van der Waals surface area (Å²) >= 11 is 0. The Kier molecular flexibility index (Phi) is 11.2. The van der Waals surface area contributed by atoms with E-state index in [1.165, 1.54) is 4.90 Å². The molecule has 1 aromatic rings. The van der Waals surface area contributed by atoms with Gasteiger partial charge in [-0.25, -0.2) is 9.59 Å². The highest BCUT2D eigenvalue weighted by Crippen LogP contribution is 2.33. The molecule has 2 heterocycles. The van der Waals surface area contributed by atoms with E-state index >= 15 is 0 Å². The molecule has 2 radical (unpaired) electrons. The van der Waals surface area contributed by atoms with E-state index < -0.39 is 42.5 Å². The van der Waals surface area contributed by atoms with Crippen molar-refractivity contribution in [1.82, 2.24) is 20.4 Å². The highest BCUT2D eigenvalue weighted by Gasteiger charge is 2.46. The summed E-state index contributed by atoms with van der Waals surface area (Å²) in [6, 6.07) is 6.06. The minimum Gasteiger partial charge on any atom is -0.449 e. The van der Waals surface area contributed by atoms with Crippen LogP contribution in [0.4, 0.5) is 9.59 Å². The SMILES string of the molecule is [B]OC(CC1CCC1)NC(=O)C1CC(OC(=O)N2Cc3ccccc3C2)CN1C(=O)C(NC(=O)OCC(C)(C)C)C1CCCCC1. The molecule has 1 aromatic carbocycles. The van der Waals surface area contributed by atoms with E-state index in [1.54, 1.807) is 4.90 Å². The van der Waals surface area contributed by atoms with Gasteiger partial charge in [0.05, 0.1) is 13.2 Å². The van der Waals surface area contributed by atoms with Gasteiger partial charge < -0.3 is 29.7 Å². The van der Waals surface area contributed by atoms with E-state index in [4.69, 9.17) is 22.2 Å². The lowest BCUT2D eigenvalue weighted by Gasteiger charge is -2.35. The summed E-state index contributed by atoms with van der Waals surface area (Å²) in [5.41, 5.74) is 1.90. The highest BCUT2D eigenvalue weighted by molar-refractivity contribution is 5.98. The molecule has 2 aliphatic carbocycles. The fourth-order valence-electron chi connectivity index (χ4n) is 6.97. The number of nitrogens with one attached hydrogen (secondary N) is 2. The summed E-state index contributed by atoms with van der Waals surface area (Å²) in [5.74, 6) is -0.480.